The molecule has 0 saturated carbocycles. The molecule has 0 spiro atoms. The van der Waals surface area contributed by atoms with Crippen molar-refractivity contribution in [3.63, 3.8) is 0 Å². The SMILES string of the molecule is CCn1c(O)c(N=Nc2ccc(C)cc2)c2ccccc21. The van der Waals surface area contributed by atoms with Gasteiger partial charge in [-0.3, -0.25) is 0 Å². The van der Waals surface area contributed by atoms with Crippen molar-refractivity contribution in [2.75, 3.05) is 0 Å². The van der Waals surface area contributed by atoms with Crippen molar-refractivity contribution in [1.29, 1.82) is 0 Å². The summed E-state index contributed by atoms with van der Waals surface area (Å²) in [6, 6.07) is 15.6. The number of para-hydroxylation sites is 1. The normalized spacial score (nSPS) is 11.5. The minimum atomic E-state index is 0.162. The lowest BCUT2D eigenvalue weighted by molar-refractivity contribution is 0.427. The molecule has 2 aromatic carbocycles. The van der Waals surface area contributed by atoms with Crippen LogP contribution in [0.25, 0.3) is 10.9 Å². The molecule has 3 aromatic rings. The predicted molar refractivity (Wildman–Crippen MR) is 84.6 cm³/mol. The van der Waals surface area contributed by atoms with Gasteiger partial charge in [0, 0.05) is 11.9 Å². The van der Waals surface area contributed by atoms with E-state index in [1.165, 1.54) is 5.56 Å². The van der Waals surface area contributed by atoms with Gasteiger partial charge in [-0.25, -0.2) is 0 Å². The summed E-state index contributed by atoms with van der Waals surface area (Å²) in [5.74, 6) is 0.162. The number of rotatable bonds is 3. The fourth-order valence-corrected chi connectivity index (χ4v) is 2.41. The lowest BCUT2D eigenvalue weighted by Gasteiger charge is -2.00. The Morgan fingerprint density at radius 3 is 2.43 bits per heavy atom. The van der Waals surface area contributed by atoms with Crippen molar-refractivity contribution < 1.29 is 5.11 Å². The minimum absolute atomic E-state index is 0.162. The Morgan fingerprint density at radius 2 is 1.71 bits per heavy atom. The number of aromatic nitrogens is 1. The van der Waals surface area contributed by atoms with E-state index in [1.807, 2.05) is 66.9 Å². The number of azo groups is 1. The summed E-state index contributed by atoms with van der Waals surface area (Å²) in [5, 5.41) is 19.7. The number of aromatic hydroxyl groups is 1. The lowest BCUT2D eigenvalue weighted by atomic mass is 10.2. The van der Waals surface area contributed by atoms with Gasteiger partial charge >= 0.3 is 0 Å². The van der Waals surface area contributed by atoms with Crippen molar-refractivity contribution in [1.82, 2.24) is 4.57 Å². The van der Waals surface area contributed by atoms with Crippen LogP contribution in [0.3, 0.4) is 0 Å². The van der Waals surface area contributed by atoms with Crippen LogP contribution in [0, 0.1) is 6.92 Å². The summed E-state index contributed by atoms with van der Waals surface area (Å²) in [6.45, 7) is 4.71. The maximum atomic E-state index is 10.3. The van der Waals surface area contributed by atoms with Gasteiger partial charge in [-0.05, 0) is 32.0 Å². The van der Waals surface area contributed by atoms with E-state index in [1.54, 1.807) is 0 Å². The quantitative estimate of drug-likeness (QED) is 0.667. The zero-order valence-electron chi connectivity index (χ0n) is 12.1. The fraction of sp³-hybridized carbons (Fsp3) is 0.176. The number of hydrogen-bond acceptors (Lipinski definition) is 3. The second-order valence-electron chi connectivity index (χ2n) is 4.97. The molecule has 1 heterocycles. The molecule has 106 valence electrons. The zero-order chi connectivity index (χ0) is 14.8. The molecule has 0 fully saturated rings. The third kappa shape index (κ3) is 2.40. The van der Waals surface area contributed by atoms with Crippen molar-refractivity contribution in [2.45, 2.75) is 20.4 Å². The first-order valence-electron chi connectivity index (χ1n) is 6.99. The fourth-order valence-electron chi connectivity index (χ4n) is 2.41. The maximum absolute atomic E-state index is 10.3. The van der Waals surface area contributed by atoms with E-state index in [0.717, 1.165) is 16.6 Å². The minimum Gasteiger partial charge on any atom is -0.493 e. The molecule has 0 bridgehead atoms. The van der Waals surface area contributed by atoms with Crippen molar-refractivity contribution >= 4 is 22.3 Å². The summed E-state index contributed by atoms with van der Waals surface area (Å²) in [4.78, 5) is 0. The predicted octanol–water partition coefficient (Wildman–Crippen LogP) is 5.09. The molecule has 0 radical (unpaired) electrons. The van der Waals surface area contributed by atoms with Gasteiger partial charge in [0.1, 0.15) is 0 Å². The average molecular weight is 279 g/mol. The molecule has 0 amide bonds. The summed E-state index contributed by atoms with van der Waals surface area (Å²) < 4.78 is 1.83. The molecule has 0 atom stereocenters. The van der Waals surface area contributed by atoms with Crippen LogP contribution in [0.15, 0.2) is 58.8 Å². The monoisotopic (exact) mass is 279 g/mol. The van der Waals surface area contributed by atoms with E-state index in [0.29, 0.717) is 12.2 Å². The molecular weight excluding hydrogens is 262 g/mol. The Labute approximate surface area is 123 Å². The third-order valence-corrected chi connectivity index (χ3v) is 3.53. The molecule has 0 aliphatic heterocycles. The molecule has 0 aliphatic rings. The van der Waals surface area contributed by atoms with Crippen LogP contribution in [0.5, 0.6) is 5.88 Å². The Hall–Kier alpha value is -2.62. The van der Waals surface area contributed by atoms with E-state index in [-0.39, 0.29) is 5.88 Å². The number of nitrogens with zero attached hydrogens (tertiary/aromatic N) is 3. The third-order valence-electron chi connectivity index (χ3n) is 3.53. The molecular formula is C17H17N3O. The topological polar surface area (TPSA) is 49.9 Å². The first-order chi connectivity index (χ1) is 10.2. The molecule has 1 aromatic heterocycles. The summed E-state index contributed by atoms with van der Waals surface area (Å²) >= 11 is 0. The lowest BCUT2D eigenvalue weighted by Crippen LogP contribution is -1.91. The molecule has 1 N–H and O–H groups in total. The van der Waals surface area contributed by atoms with E-state index in [2.05, 4.69) is 10.2 Å². The van der Waals surface area contributed by atoms with Crippen molar-refractivity contribution in [3.05, 3.63) is 54.1 Å². The van der Waals surface area contributed by atoms with Crippen LogP contribution in [-0.2, 0) is 6.54 Å². The highest BCUT2D eigenvalue weighted by Crippen LogP contribution is 2.39. The highest BCUT2D eigenvalue weighted by atomic mass is 16.3. The van der Waals surface area contributed by atoms with Gasteiger partial charge in [-0.1, -0.05) is 35.9 Å². The average Bonchev–Trinajstić information content (AvgIpc) is 2.78. The van der Waals surface area contributed by atoms with Crippen LogP contribution < -0.4 is 0 Å². The molecule has 3 rings (SSSR count). The van der Waals surface area contributed by atoms with Crippen LogP contribution in [0.4, 0.5) is 11.4 Å². The Morgan fingerprint density at radius 1 is 1.00 bits per heavy atom. The molecule has 21 heavy (non-hydrogen) atoms. The van der Waals surface area contributed by atoms with Crippen LogP contribution in [-0.4, -0.2) is 9.67 Å². The van der Waals surface area contributed by atoms with E-state index >= 15 is 0 Å². The van der Waals surface area contributed by atoms with E-state index in [9.17, 15) is 5.11 Å². The van der Waals surface area contributed by atoms with E-state index in [4.69, 9.17) is 0 Å². The molecule has 0 aliphatic carbocycles. The number of aryl methyl sites for hydroxylation is 2. The van der Waals surface area contributed by atoms with E-state index < -0.39 is 0 Å². The van der Waals surface area contributed by atoms with Gasteiger partial charge in [0.2, 0.25) is 5.88 Å². The summed E-state index contributed by atoms with van der Waals surface area (Å²) in [6.07, 6.45) is 0. The molecule has 0 unspecified atom stereocenters. The maximum Gasteiger partial charge on any atom is 0.220 e. The van der Waals surface area contributed by atoms with Crippen LogP contribution >= 0.6 is 0 Å². The number of hydrogen-bond donors (Lipinski definition) is 1. The van der Waals surface area contributed by atoms with Crippen molar-refractivity contribution in [2.24, 2.45) is 10.2 Å². The first kappa shape index (κ1) is 13.4. The second-order valence-corrected chi connectivity index (χ2v) is 4.97. The Balaban J connectivity index is 2.08. The summed E-state index contributed by atoms with van der Waals surface area (Å²) in [7, 11) is 0. The molecule has 0 saturated heterocycles. The Bertz CT molecular complexity index is 801. The second kappa shape index (κ2) is 5.40. The van der Waals surface area contributed by atoms with Crippen LogP contribution in [0.1, 0.15) is 12.5 Å². The smallest absolute Gasteiger partial charge is 0.220 e. The highest BCUT2D eigenvalue weighted by molar-refractivity contribution is 5.94. The molecule has 4 heteroatoms. The first-order valence-corrected chi connectivity index (χ1v) is 6.99. The molecule has 4 nitrogen and oxygen atoms in total. The standard InChI is InChI=1S/C17H17N3O/c1-3-20-15-7-5-4-6-14(15)16(17(20)21)19-18-13-10-8-12(2)9-11-13/h4-11,21H,3H2,1-2H3. The highest BCUT2D eigenvalue weighted by Gasteiger charge is 2.14. The van der Waals surface area contributed by atoms with Gasteiger partial charge in [0.25, 0.3) is 0 Å². The van der Waals surface area contributed by atoms with Gasteiger partial charge in [0.15, 0.2) is 5.69 Å². The van der Waals surface area contributed by atoms with Gasteiger partial charge in [-0.15, -0.1) is 5.11 Å². The largest absolute Gasteiger partial charge is 0.493 e. The summed E-state index contributed by atoms with van der Waals surface area (Å²) in [5.41, 5.74) is 3.44. The van der Waals surface area contributed by atoms with Gasteiger partial charge < -0.3 is 9.67 Å². The van der Waals surface area contributed by atoms with Gasteiger partial charge in [-0.2, -0.15) is 5.11 Å². The van der Waals surface area contributed by atoms with Gasteiger partial charge in [0.05, 0.1) is 11.2 Å². The van der Waals surface area contributed by atoms with Crippen molar-refractivity contribution in [3.8, 4) is 5.88 Å². The van der Waals surface area contributed by atoms with Crippen LogP contribution in [0.2, 0.25) is 0 Å². The number of benzene rings is 2. The number of fused-ring (bicyclic) bond motifs is 1. The Kier molecular flexibility index (Phi) is 3.44. The zero-order valence-corrected chi connectivity index (χ0v) is 12.1.